The number of hydrogen-bond donors (Lipinski definition) is 1. The molecule has 140 valence electrons. The molecule has 0 unspecified atom stereocenters. The quantitative estimate of drug-likeness (QED) is 0.679. The normalized spacial score (nSPS) is 10.7. The first-order valence-electron chi connectivity index (χ1n) is 8.71. The Labute approximate surface area is 156 Å². The maximum atomic E-state index is 12.7. The Morgan fingerprint density at radius 1 is 1.04 bits per heavy atom. The number of nitrogens with zero attached hydrogens (tertiary/aromatic N) is 2. The highest BCUT2D eigenvalue weighted by Gasteiger charge is 2.15. The molecule has 0 radical (unpaired) electrons. The predicted octanol–water partition coefficient (Wildman–Crippen LogP) is 2.64. The zero-order valence-electron chi connectivity index (χ0n) is 15.3. The molecular formula is C20H21N3O4. The van der Waals surface area contributed by atoms with Crippen LogP contribution in [0.5, 0.6) is 0 Å². The molecule has 2 aromatic carbocycles. The van der Waals surface area contributed by atoms with Crippen LogP contribution in [0.4, 0.5) is 5.69 Å². The summed E-state index contributed by atoms with van der Waals surface area (Å²) in [6, 6.07) is 13.9. The Morgan fingerprint density at radius 2 is 1.74 bits per heavy atom. The number of benzene rings is 2. The number of aryl methyl sites for hydroxylation is 1. The summed E-state index contributed by atoms with van der Waals surface area (Å²) in [5.74, 6) is -0.830. The van der Waals surface area contributed by atoms with Crippen LogP contribution in [0.3, 0.4) is 0 Å². The first-order valence-corrected chi connectivity index (χ1v) is 8.71. The molecule has 7 nitrogen and oxygen atoms in total. The van der Waals surface area contributed by atoms with Gasteiger partial charge in [-0.3, -0.25) is 13.9 Å². The molecule has 0 spiro atoms. The van der Waals surface area contributed by atoms with Crippen molar-refractivity contribution in [2.45, 2.75) is 26.4 Å². The van der Waals surface area contributed by atoms with Crippen molar-refractivity contribution in [3.8, 4) is 0 Å². The second kappa shape index (κ2) is 7.90. The molecule has 3 rings (SSSR count). The number of amides is 1. The van der Waals surface area contributed by atoms with Crippen LogP contribution >= 0.6 is 0 Å². The van der Waals surface area contributed by atoms with Gasteiger partial charge in [-0.2, -0.15) is 0 Å². The van der Waals surface area contributed by atoms with Gasteiger partial charge in [0.15, 0.2) is 0 Å². The maximum Gasteiger partial charge on any atom is 0.337 e. The summed E-state index contributed by atoms with van der Waals surface area (Å²) >= 11 is 0. The fourth-order valence-corrected chi connectivity index (χ4v) is 3.05. The van der Waals surface area contributed by atoms with Gasteiger partial charge in [0.2, 0.25) is 5.91 Å². The summed E-state index contributed by atoms with van der Waals surface area (Å²) in [6.45, 7) is 2.48. The Bertz CT molecular complexity index is 1050. The first kappa shape index (κ1) is 18.4. The predicted molar refractivity (Wildman–Crippen MR) is 103 cm³/mol. The molecule has 0 saturated heterocycles. The molecule has 1 amide bonds. The highest BCUT2D eigenvalue weighted by molar-refractivity contribution is 5.95. The van der Waals surface area contributed by atoms with Crippen molar-refractivity contribution in [3.63, 3.8) is 0 Å². The van der Waals surface area contributed by atoms with Crippen molar-refractivity contribution in [1.29, 1.82) is 0 Å². The molecule has 0 aliphatic rings. The van der Waals surface area contributed by atoms with E-state index in [4.69, 9.17) is 0 Å². The highest BCUT2D eigenvalue weighted by Crippen LogP contribution is 2.15. The van der Waals surface area contributed by atoms with E-state index in [1.165, 1.54) is 17.7 Å². The molecule has 0 aliphatic carbocycles. The topological polar surface area (TPSA) is 82.3 Å². The molecule has 0 fully saturated rings. The van der Waals surface area contributed by atoms with Crippen LogP contribution in [0.2, 0.25) is 0 Å². The van der Waals surface area contributed by atoms with Crippen LogP contribution in [0.1, 0.15) is 23.7 Å². The molecule has 1 aromatic heterocycles. The average Bonchev–Trinajstić information content (AvgIpc) is 2.94. The number of methoxy groups -OCH3 is 1. The molecule has 3 aromatic rings. The van der Waals surface area contributed by atoms with E-state index in [0.717, 1.165) is 17.5 Å². The number of fused-ring (bicyclic) bond motifs is 1. The molecule has 1 heterocycles. The lowest BCUT2D eigenvalue weighted by Crippen LogP contribution is -2.29. The van der Waals surface area contributed by atoms with E-state index in [1.54, 1.807) is 22.8 Å². The summed E-state index contributed by atoms with van der Waals surface area (Å²) in [4.78, 5) is 36.8. The number of esters is 1. The van der Waals surface area contributed by atoms with Gasteiger partial charge in [-0.05, 0) is 36.8 Å². The summed E-state index contributed by atoms with van der Waals surface area (Å²) in [5, 5.41) is 2.73. The van der Waals surface area contributed by atoms with E-state index >= 15 is 0 Å². The Balaban J connectivity index is 1.86. The zero-order chi connectivity index (χ0) is 19.4. The number of carbonyl (C=O) groups is 2. The number of imidazole rings is 1. The van der Waals surface area contributed by atoms with Gasteiger partial charge in [0.25, 0.3) is 0 Å². The van der Waals surface area contributed by atoms with Crippen molar-refractivity contribution in [1.82, 2.24) is 9.13 Å². The molecule has 7 heteroatoms. The van der Waals surface area contributed by atoms with Crippen molar-refractivity contribution in [2.24, 2.45) is 0 Å². The van der Waals surface area contributed by atoms with Gasteiger partial charge in [-0.15, -0.1) is 0 Å². The molecule has 0 atom stereocenters. The number of rotatable bonds is 6. The minimum Gasteiger partial charge on any atom is -0.465 e. The third-order valence-corrected chi connectivity index (χ3v) is 4.24. The molecule has 27 heavy (non-hydrogen) atoms. The minimum atomic E-state index is -0.482. The number of anilines is 1. The SMILES string of the molecule is CCCn1c(=O)n(CC(=O)Nc2cccc(C(=O)OC)c2)c2ccccc21. The fourth-order valence-electron chi connectivity index (χ4n) is 3.05. The Kier molecular flexibility index (Phi) is 5.40. The van der Waals surface area contributed by atoms with E-state index in [0.29, 0.717) is 17.8 Å². The number of hydrogen-bond acceptors (Lipinski definition) is 4. The van der Waals surface area contributed by atoms with Gasteiger partial charge >= 0.3 is 11.7 Å². The largest absolute Gasteiger partial charge is 0.465 e. The van der Waals surface area contributed by atoms with Crippen molar-refractivity contribution in [3.05, 3.63) is 64.6 Å². The molecule has 0 saturated carbocycles. The average molecular weight is 367 g/mol. The summed E-state index contributed by atoms with van der Waals surface area (Å²) < 4.78 is 7.83. The number of ether oxygens (including phenoxy) is 1. The van der Waals surface area contributed by atoms with Crippen LogP contribution < -0.4 is 11.0 Å². The fraction of sp³-hybridized carbons (Fsp3) is 0.250. The second-order valence-corrected chi connectivity index (χ2v) is 6.13. The van der Waals surface area contributed by atoms with Crippen molar-refractivity contribution in [2.75, 3.05) is 12.4 Å². The van der Waals surface area contributed by atoms with Gasteiger partial charge in [-0.25, -0.2) is 9.59 Å². The van der Waals surface area contributed by atoms with E-state index in [2.05, 4.69) is 10.1 Å². The summed E-state index contributed by atoms with van der Waals surface area (Å²) in [5.41, 5.74) is 2.12. The van der Waals surface area contributed by atoms with Crippen molar-refractivity contribution >= 4 is 28.6 Å². The number of aromatic nitrogens is 2. The standard InChI is InChI=1S/C20H21N3O4/c1-3-11-22-16-9-4-5-10-17(16)23(20(22)26)13-18(24)21-15-8-6-7-14(12-15)19(25)27-2/h4-10,12H,3,11,13H2,1-2H3,(H,21,24). The van der Waals surface area contributed by atoms with E-state index in [-0.39, 0.29) is 18.1 Å². The van der Waals surface area contributed by atoms with Crippen LogP contribution in [0.15, 0.2) is 53.3 Å². The maximum absolute atomic E-state index is 12.7. The first-order chi connectivity index (χ1) is 13.0. The lowest BCUT2D eigenvalue weighted by Gasteiger charge is -2.07. The van der Waals surface area contributed by atoms with Gasteiger partial charge < -0.3 is 10.1 Å². The smallest absolute Gasteiger partial charge is 0.337 e. The number of para-hydroxylation sites is 2. The van der Waals surface area contributed by atoms with E-state index in [9.17, 15) is 14.4 Å². The number of nitrogens with one attached hydrogen (secondary N) is 1. The van der Waals surface area contributed by atoms with Crippen LogP contribution in [-0.2, 0) is 22.6 Å². The van der Waals surface area contributed by atoms with Gasteiger partial charge in [0.1, 0.15) is 6.54 Å². The Hall–Kier alpha value is -3.35. The van der Waals surface area contributed by atoms with E-state index in [1.807, 2.05) is 31.2 Å². The van der Waals surface area contributed by atoms with Crippen LogP contribution in [0, 0.1) is 0 Å². The zero-order valence-corrected chi connectivity index (χ0v) is 15.3. The van der Waals surface area contributed by atoms with Crippen LogP contribution in [0.25, 0.3) is 11.0 Å². The van der Waals surface area contributed by atoms with E-state index < -0.39 is 5.97 Å². The number of carbonyl (C=O) groups excluding carboxylic acids is 2. The minimum absolute atomic E-state index is 0.113. The van der Waals surface area contributed by atoms with Gasteiger partial charge in [-0.1, -0.05) is 25.1 Å². The Morgan fingerprint density at radius 3 is 2.41 bits per heavy atom. The molecular weight excluding hydrogens is 346 g/mol. The lowest BCUT2D eigenvalue weighted by molar-refractivity contribution is -0.116. The third-order valence-electron chi connectivity index (χ3n) is 4.24. The summed E-state index contributed by atoms with van der Waals surface area (Å²) in [6.07, 6.45) is 0.820. The van der Waals surface area contributed by atoms with Gasteiger partial charge in [0.05, 0.1) is 23.7 Å². The molecule has 1 N–H and O–H groups in total. The van der Waals surface area contributed by atoms with Crippen molar-refractivity contribution < 1.29 is 14.3 Å². The third kappa shape index (κ3) is 3.76. The molecule has 0 aliphatic heterocycles. The monoisotopic (exact) mass is 367 g/mol. The summed E-state index contributed by atoms with van der Waals surface area (Å²) in [7, 11) is 1.30. The lowest BCUT2D eigenvalue weighted by atomic mass is 10.2. The van der Waals surface area contributed by atoms with Gasteiger partial charge in [0, 0.05) is 12.2 Å². The molecule has 0 bridgehead atoms. The van der Waals surface area contributed by atoms with Crippen LogP contribution in [-0.4, -0.2) is 28.1 Å². The second-order valence-electron chi connectivity index (χ2n) is 6.13. The highest BCUT2D eigenvalue weighted by atomic mass is 16.5.